The largest absolute Gasteiger partial charge is 0.341 e. The van der Waals surface area contributed by atoms with Gasteiger partial charge >= 0.3 is 0 Å². The third-order valence-electron chi connectivity index (χ3n) is 6.54. The van der Waals surface area contributed by atoms with Gasteiger partial charge in [0.1, 0.15) is 5.54 Å². The number of aromatic nitrogens is 1. The van der Waals surface area contributed by atoms with Crippen LogP contribution in [0.4, 0.5) is 0 Å². The van der Waals surface area contributed by atoms with Crippen LogP contribution in [-0.4, -0.2) is 58.3 Å². The molecule has 2 fully saturated rings. The lowest BCUT2D eigenvalue weighted by atomic mass is 9.79. The predicted molar refractivity (Wildman–Crippen MR) is 117 cm³/mol. The second-order valence-corrected chi connectivity index (χ2v) is 9.58. The molecular weight excluding hydrogens is 384 g/mol. The van der Waals surface area contributed by atoms with E-state index in [1.54, 1.807) is 11.3 Å². The molecule has 0 aromatic carbocycles. The summed E-state index contributed by atoms with van der Waals surface area (Å²) in [5.41, 5.74) is 0.442. The molecule has 0 bridgehead atoms. The number of thiazole rings is 1. The number of amides is 2. The lowest BCUT2D eigenvalue weighted by Gasteiger charge is -2.41. The maximum absolute atomic E-state index is 13.3. The molecule has 0 radical (unpaired) electrons. The molecule has 7 heteroatoms. The van der Waals surface area contributed by atoms with Crippen LogP contribution >= 0.6 is 11.3 Å². The minimum atomic E-state index is -0.684. The van der Waals surface area contributed by atoms with E-state index in [0.717, 1.165) is 75.3 Å². The standard InChI is InChI=1S/C22H36N4O2S/c1-4-26(5-2)21(28)22(11-7-6-8-12-22)24-20(27)18-9-13-25(14-10-18)15-19-16-29-17(3)23-19/h16,18H,4-15H2,1-3H3,(H,24,27). The SMILES string of the molecule is CCN(CC)C(=O)C1(NC(=O)C2CCN(Cc3csc(C)n3)CC2)CCCCC1. The van der Waals surface area contributed by atoms with Crippen molar-refractivity contribution < 1.29 is 9.59 Å². The Morgan fingerprint density at radius 1 is 1.21 bits per heavy atom. The van der Waals surface area contributed by atoms with E-state index in [1.807, 2.05) is 25.7 Å². The summed E-state index contributed by atoms with van der Waals surface area (Å²) in [6.45, 7) is 10.1. The molecule has 1 saturated heterocycles. The average Bonchev–Trinajstić information content (AvgIpc) is 3.14. The Morgan fingerprint density at radius 3 is 2.41 bits per heavy atom. The second kappa shape index (κ2) is 10.0. The lowest BCUT2D eigenvalue weighted by molar-refractivity contribution is -0.144. The highest BCUT2D eigenvalue weighted by Gasteiger charge is 2.43. The number of nitrogens with zero attached hydrogens (tertiary/aromatic N) is 3. The van der Waals surface area contributed by atoms with E-state index in [9.17, 15) is 9.59 Å². The molecule has 3 rings (SSSR count). The van der Waals surface area contributed by atoms with Gasteiger partial charge in [0.15, 0.2) is 0 Å². The summed E-state index contributed by atoms with van der Waals surface area (Å²) in [4.78, 5) is 35.2. The van der Waals surface area contributed by atoms with Crippen LogP contribution in [0.5, 0.6) is 0 Å². The van der Waals surface area contributed by atoms with Crippen molar-refractivity contribution >= 4 is 23.2 Å². The van der Waals surface area contributed by atoms with Gasteiger partial charge in [0.05, 0.1) is 10.7 Å². The maximum Gasteiger partial charge on any atom is 0.248 e. The van der Waals surface area contributed by atoms with E-state index in [0.29, 0.717) is 13.1 Å². The van der Waals surface area contributed by atoms with Crippen LogP contribution in [0.15, 0.2) is 5.38 Å². The highest BCUT2D eigenvalue weighted by atomic mass is 32.1. The fourth-order valence-corrected chi connectivity index (χ4v) is 5.37. The zero-order valence-corrected chi connectivity index (χ0v) is 19.0. The fourth-order valence-electron chi connectivity index (χ4n) is 4.76. The van der Waals surface area contributed by atoms with Crippen LogP contribution in [0.2, 0.25) is 0 Å². The molecule has 2 amide bonds. The van der Waals surface area contributed by atoms with Gasteiger partial charge in [-0.25, -0.2) is 4.98 Å². The first kappa shape index (κ1) is 22.2. The number of likely N-dealkylation sites (N-methyl/N-ethyl adjacent to an activating group) is 1. The number of nitrogens with one attached hydrogen (secondary N) is 1. The summed E-state index contributed by atoms with van der Waals surface area (Å²) in [6.07, 6.45) is 6.43. The summed E-state index contributed by atoms with van der Waals surface area (Å²) in [5.74, 6) is 0.204. The van der Waals surface area contributed by atoms with Gasteiger partial charge in [0.25, 0.3) is 0 Å². The quantitative estimate of drug-likeness (QED) is 0.735. The van der Waals surface area contributed by atoms with E-state index in [2.05, 4.69) is 20.6 Å². The molecule has 0 spiro atoms. The average molecular weight is 421 g/mol. The number of hydrogen-bond donors (Lipinski definition) is 1. The molecule has 2 heterocycles. The van der Waals surface area contributed by atoms with Crippen LogP contribution in [0.1, 0.15) is 69.5 Å². The lowest BCUT2D eigenvalue weighted by Crippen LogP contribution is -2.61. The topological polar surface area (TPSA) is 65.5 Å². The summed E-state index contributed by atoms with van der Waals surface area (Å²) >= 11 is 1.69. The molecule has 29 heavy (non-hydrogen) atoms. The maximum atomic E-state index is 13.3. The molecule has 0 atom stereocenters. The normalized spacial score (nSPS) is 20.4. The third-order valence-corrected chi connectivity index (χ3v) is 7.36. The molecule has 2 aliphatic rings. The zero-order valence-electron chi connectivity index (χ0n) is 18.2. The molecule has 1 aromatic rings. The Bertz CT molecular complexity index is 687. The van der Waals surface area contributed by atoms with Crippen molar-refractivity contribution in [1.82, 2.24) is 20.1 Å². The number of rotatable bonds is 7. The van der Waals surface area contributed by atoms with Crippen LogP contribution in [0.3, 0.4) is 0 Å². The molecule has 1 aromatic heterocycles. The smallest absolute Gasteiger partial charge is 0.248 e. The Hall–Kier alpha value is -1.47. The van der Waals surface area contributed by atoms with E-state index in [1.165, 1.54) is 0 Å². The van der Waals surface area contributed by atoms with Crippen molar-refractivity contribution in [2.24, 2.45) is 5.92 Å². The molecule has 162 valence electrons. The van der Waals surface area contributed by atoms with E-state index in [-0.39, 0.29) is 17.7 Å². The number of carbonyl (C=O) groups excluding carboxylic acids is 2. The van der Waals surface area contributed by atoms with Crippen LogP contribution in [0, 0.1) is 12.8 Å². The van der Waals surface area contributed by atoms with Gasteiger partial charge in [-0.3, -0.25) is 14.5 Å². The number of likely N-dealkylation sites (tertiary alicyclic amines) is 1. The Labute approximate surface area is 179 Å². The highest BCUT2D eigenvalue weighted by Crippen LogP contribution is 2.31. The van der Waals surface area contributed by atoms with Crippen molar-refractivity contribution in [1.29, 1.82) is 0 Å². The predicted octanol–water partition coefficient (Wildman–Crippen LogP) is 3.35. The van der Waals surface area contributed by atoms with Gasteiger partial charge in [-0.2, -0.15) is 0 Å². The summed E-state index contributed by atoms with van der Waals surface area (Å²) in [6, 6.07) is 0. The van der Waals surface area contributed by atoms with Crippen molar-refractivity contribution in [3.8, 4) is 0 Å². The fraction of sp³-hybridized carbons (Fsp3) is 0.773. The summed E-state index contributed by atoms with van der Waals surface area (Å²) in [7, 11) is 0. The van der Waals surface area contributed by atoms with Crippen LogP contribution < -0.4 is 5.32 Å². The van der Waals surface area contributed by atoms with Gasteiger partial charge in [-0.1, -0.05) is 19.3 Å². The van der Waals surface area contributed by atoms with Gasteiger partial charge in [0.2, 0.25) is 11.8 Å². The summed E-state index contributed by atoms with van der Waals surface area (Å²) < 4.78 is 0. The van der Waals surface area contributed by atoms with Gasteiger partial charge in [0, 0.05) is 30.9 Å². The first-order valence-corrected chi connectivity index (χ1v) is 12.1. The second-order valence-electron chi connectivity index (χ2n) is 8.52. The van der Waals surface area contributed by atoms with Crippen LogP contribution in [0.25, 0.3) is 0 Å². The van der Waals surface area contributed by atoms with Gasteiger partial charge in [-0.05, 0) is 59.5 Å². The van der Waals surface area contributed by atoms with Crippen LogP contribution in [-0.2, 0) is 16.1 Å². The number of piperidine rings is 1. The summed E-state index contributed by atoms with van der Waals surface area (Å²) in [5, 5.41) is 6.49. The number of aryl methyl sites for hydroxylation is 1. The van der Waals surface area contributed by atoms with E-state index >= 15 is 0 Å². The van der Waals surface area contributed by atoms with E-state index in [4.69, 9.17) is 0 Å². The Morgan fingerprint density at radius 2 is 1.86 bits per heavy atom. The number of hydrogen-bond acceptors (Lipinski definition) is 5. The Kier molecular flexibility index (Phi) is 7.68. The first-order valence-electron chi connectivity index (χ1n) is 11.2. The number of carbonyl (C=O) groups is 2. The minimum absolute atomic E-state index is 0.00623. The van der Waals surface area contributed by atoms with Gasteiger partial charge in [-0.15, -0.1) is 11.3 Å². The zero-order chi connectivity index (χ0) is 20.9. The molecule has 1 N–H and O–H groups in total. The van der Waals surface area contributed by atoms with E-state index < -0.39 is 5.54 Å². The highest BCUT2D eigenvalue weighted by molar-refractivity contribution is 7.09. The van der Waals surface area contributed by atoms with Crippen molar-refractivity contribution in [2.45, 2.75) is 77.8 Å². The third kappa shape index (κ3) is 5.37. The molecule has 1 saturated carbocycles. The van der Waals surface area contributed by atoms with Crippen molar-refractivity contribution in [3.63, 3.8) is 0 Å². The minimum Gasteiger partial charge on any atom is -0.341 e. The molecular formula is C22H36N4O2S. The first-order chi connectivity index (χ1) is 14.0. The Balaban J connectivity index is 1.58. The molecule has 1 aliphatic heterocycles. The molecule has 6 nitrogen and oxygen atoms in total. The van der Waals surface area contributed by atoms with Gasteiger partial charge < -0.3 is 10.2 Å². The monoisotopic (exact) mass is 420 g/mol. The molecule has 0 unspecified atom stereocenters. The molecule has 1 aliphatic carbocycles. The van der Waals surface area contributed by atoms with Crippen molar-refractivity contribution in [3.05, 3.63) is 16.1 Å². The van der Waals surface area contributed by atoms with Crippen molar-refractivity contribution in [2.75, 3.05) is 26.2 Å².